The van der Waals surface area contributed by atoms with Gasteiger partial charge in [-0.05, 0) is 51.3 Å². The molecule has 2 aromatic rings. The van der Waals surface area contributed by atoms with E-state index in [1.165, 1.54) is 6.07 Å². The van der Waals surface area contributed by atoms with Gasteiger partial charge in [0, 0.05) is 38.3 Å². The van der Waals surface area contributed by atoms with Crippen molar-refractivity contribution in [3.8, 4) is 11.4 Å². The zero-order valence-electron chi connectivity index (χ0n) is 20.4. The van der Waals surface area contributed by atoms with Crippen LogP contribution in [0.15, 0.2) is 24.3 Å². The number of nitrogens with zero attached hydrogens (tertiary/aromatic N) is 4. The molecule has 2 fully saturated rings. The highest BCUT2D eigenvalue weighted by Gasteiger charge is 2.33. The number of hydrogen-bond acceptors (Lipinski definition) is 4. The summed E-state index contributed by atoms with van der Waals surface area (Å²) in [5, 5.41) is 9.94. The summed E-state index contributed by atoms with van der Waals surface area (Å²) in [4.78, 5) is 21.8. The highest BCUT2D eigenvalue weighted by Crippen LogP contribution is 2.32. The Morgan fingerprint density at radius 3 is 2.41 bits per heavy atom. The molecule has 3 heterocycles. The summed E-state index contributed by atoms with van der Waals surface area (Å²) in [5.41, 5.74) is 0.496. The molecule has 1 unspecified atom stereocenters. The van der Waals surface area contributed by atoms with Crippen molar-refractivity contribution in [3.05, 3.63) is 41.2 Å². The second kappa shape index (κ2) is 10.9. The quantitative estimate of drug-likeness (QED) is 0.703. The molecule has 0 radical (unpaired) electrons. The van der Waals surface area contributed by atoms with E-state index >= 15 is 0 Å². The first kappa shape index (κ1) is 26.2. The van der Waals surface area contributed by atoms with Gasteiger partial charge in [0.05, 0.1) is 17.4 Å². The minimum Gasteiger partial charge on any atom is -0.392 e. The lowest BCUT2D eigenvalue weighted by molar-refractivity contribution is -0.137. The van der Waals surface area contributed by atoms with E-state index in [0.717, 1.165) is 44.4 Å². The van der Waals surface area contributed by atoms with E-state index in [1.807, 2.05) is 13.8 Å². The minimum absolute atomic E-state index is 0.146. The van der Waals surface area contributed by atoms with E-state index < -0.39 is 11.7 Å². The fourth-order valence-electron chi connectivity index (χ4n) is 4.93. The van der Waals surface area contributed by atoms with E-state index in [1.54, 1.807) is 29.5 Å². The molecular weight excluding hydrogens is 445 g/mol. The third-order valence-electron chi connectivity index (χ3n) is 6.62. The summed E-state index contributed by atoms with van der Waals surface area (Å²) in [5.74, 6) is 0.196. The average molecular weight is 481 g/mol. The van der Waals surface area contributed by atoms with Gasteiger partial charge in [0.2, 0.25) is 0 Å². The Morgan fingerprint density at radius 2 is 1.79 bits per heavy atom. The van der Waals surface area contributed by atoms with Gasteiger partial charge in [0.15, 0.2) is 0 Å². The fourth-order valence-corrected chi connectivity index (χ4v) is 4.93. The molecule has 0 spiro atoms. The number of piperidine rings is 2. The molecule has 0 aliphatic carbocycles. The van der Waals surface area contributed by atoms with E-state index in [0.29, 0.717) is 48.5 Å². The number of β-amino-alcohol motifs (C(OH)–C–C–N with tert-alkyl or cyclic N) is 1. The van der Waals surface area contributed by atoms with Gasteiger partial charge < -0.3 is 14.6 Å². The molecule has 0 saturated carbocycles. The molecule has 4 rings (SSSR count). The van der Waals surface area contributed by atoms with Crippen LogP contribution in [0.5, 0.6) is 0 Å². The monoisotopic (exact) mass is 480 g/mol. The van der Waals surface area contributed by atoms with Crippen LogP contribution in [0.1, 0.15) is 61.3 Å². The highest BCUT2D eigenvalue weighted by atomic mass is 19.4. The van der Waals surface area contributed by atoms with E-state index in [-0.39, 0.29) is 12.0 Å². The highest BCUT2D eigenvalue weighted by molar-refractivity contribution is 5.94. The number of alkyl halides is 3. The van der Waals surface area contributed by atoms with Gasteiger partial charge in [-0.15, -0.1) is 0 Å². The van der Waals surface area contributed by atoms with Crippen LogP contribution in [0.3, 0.4) is 0 Å². The number of halogens is 3. The molecule has 1 aromatic carbocycles. The first-order valence-electron chi connectivity index (χ1n) is 12.1. The largest absolute Gasteiger partial charge is 0.416 e. The SMILES string of the molecule is CC.Cc1nc(-c2cccc(C(F)(F)F)c2)n(C)c1C(=O)N1CCC(N2CCCC(O)C2)CC1. The number of benzene rings is 1. The lowest BCUT2D eigenvalue weighted by atomic mass is 9.98. The predicted molar refractivity (Wildman–Crippen MR) is 125 cm³/mol. The lowest BCUT2D eigenvalue weighted by Gasteiger charge is -2.41. The van der Waals surface area contributed by atoms with Crippen molar-refractivity contribution >= 4 is 5.91 Å². The Balaban J connectivity index is 0.00000158. The van der Waals surface area contributed by atoms with Crippen LogP contribution in [-0.2, 0) is 13.2 Å². The van der Waals surface area contributed by atoms with Crippen molar-refractivity contribution in [2.75, 3.05) is 26.2 Å². The maximum absolute atomic E-state index is 13.3. The Labute approximate surface area is 199 Å². The van der Waals surface area contributed by atoms with Gasteiger partial charge >= 0.3 is 6.18 Å². The normalized spacial score (nSPS) is 20.1. The molecule has 188 valence electrons. The number of carbonyl (C=O) groups is 1. The number of amides is 1. The van der Waals surface area contributed by atoms with Gasteiger partial charge in [0.25, 0.3) is 5.91 Å². The number of aryl methyl sites for hydroxylation is 1. The second-order valence-electron chi connectivity index (χ2n) is 8.82. The number of carbonyl (C=O) groups excluding carboxylic acids is 1. The van der Waals surface area contributed by atoms with Gasteiger partial charge in [-0.1, -0.05) is 26.0 Å². The molecule has 34 heavy (non-hydrogen) atoms. The average Bonchev–Trinajstić information content (AvgIpc) is 3.13. The summed E-state index contributed by atoms with van der Waals surface area (Å²) < 4.78 is 41.0. The van der Waals surface area contributed by atoms with E-state index in [9.17, 15) is 23.1 Å². The number of aromatic nitrogens is 2. The Kier molecular flexibility index (Phi) is 8.41. The molecule has 1 atom stereocenters. The third-order valence-corrected chi connectivity index (χ3v) is 6.62. The molecule has 2 saturated heterocycles. The number of aliphatic hydroxyl groups excluding tert-OH is 1. The number of likely N-dealkylation sites (tertiary alicyclic amines) is 2. The Morgan fingerprint density at radius 1 is 1.12 bits per heavy atom. The van der Waals surface area contributed by atoms with Crippen molar-refractivity contribution in [2.24, 2.45) is 7.05 Å². The standard InChI is InChI=1S/C23H29F3N4O2.C2H6/c1-15-20(28(2)21(27-15)16-5-3-6-17(13-16)23(24,25)26)22(32)29-11-8-18(9-12-29)30-10-4-7-19(31)14-30;1-2/h3,5-6,13,18-19,31H,4,7-12,14H2,1-2H3;1-2H3. The fraction of sp³-hybridized carbons (Fsp3) is 0.600. The summed E-state index contributed by atoms with van der Waals surface area (Å²) >= 11 is 0. The second-order valence-corrected chi connectivity index (χ2v) is 8.82. The number of imidazole rings is 1. The Hall–Kier alpha value is -2.39. The Bertz CT molecular complexity index is 981. The molecule has 1 amide bonds. The van der Waals surface area contributed by atoms with Crippen LogP contribution in [0.4, 0.5) is 13.2 Å². The first-order valence-corrected chi connectivity index (χ1v) is 12.1. The van der Waals surface area contributed by atoms with Crippen molar-refractivity contribution < 1.29 is 23.1 Å². The topological polar surface area (TPSA) is 61.6 Å². The predicted octanol–water partition coefficient (Wildman–Crippen LogP) is 4.50. The van der Waals surface area contributed by atoms with Gasteiger partial charge in [-0.2, -0.15) is 13.2 Å². The van der Waals surface area contributed by atoms with Crippen LogP contribution in [0.2, 0.25) is 0 Å². The van der Waals surface area contributed by atoms with Gasteiger partial charge in [0.1, 0.15) is 11.5 Å². The van der Waals surface area contributed by atoms with Crippen molar-refractivity contribution in [1.82, 2.24) is 19.4 Å². The smallest absolute Gasteiger partial charge is 0.392 e. The lowest BCUT2D eigenvalue weighted by Crippen LogP contribution is -2.50. The minimum atomic E-state index is -4.44. The maximum Gasteiger partial charge on any atom is 0.416 e. The van der Waals surface area contributed by atoms with Crippen LogP contribution in [0.25, 0.3) is 11.4 Å². The van der Waals surface area contributed by atoms with Gasteiger partial charge in [-0.25, -0.2) is 4.98 Å². The summed E-state index contributed by atoms with van der Waals surface area (Å²) in [7, 11) is 1.67. The van der Waals surface area contributed by atoms with Crippen molar-refractivity contribution in [2.45, 2.75) is 64.8 Å². The zero-order chi connectivity index (χ0) is 25.0. The first-order chi connectivity index (χ1) is 16.1. The molecule has 1 N–H and O–H groups in total. The van der Waals surface area contributed by atoms with Crippen LogP contribution in [0, 0.1) is 6.92 Å². The van der Waals surface area contributed by atoms with Crippen LogP contribution < -0.4 is 0 Å². The van der Waals surface area contributed by atoms with E-state index in [2.05, 4.69) is 9.88 Å². The summed E-state index contributed by atoms with van der Waals surface area (Å²) in [6.07, 6.45) is -1.18. The zero-order valence-corrected chi connectivity index (χ0v) is 20.4. The molecular formula is C25H35F3N4O2. The molecule has 6 nitrogen and oxygen atoms in total. The summed E-state index contributed by atoms with van der Waals surface area (Å²) in [6, 6.07) is 5.38. The molecule has 0 bridgehead atoms. The van der Waals surface area contributed by atoms with Crippen molar-refractivity contribution in [1.29, 1.82) is 0 Å². The summed E-state index contributed by atoms with van der Waals surface area (Å²) in [6.45, 7) is 8.61. The van der Waals surface area contributed by atoms with E-state index in [4.69, 9.17) is 0 Å². The van der Waals surface area contributed by atoms with Crippen molar-refractivity contribution in [3.63, 3.8) is 0 Å². The number of aliphatic hydroxyl groups is 1. The number of hydrogen-bond donors (Lipinski definition) is 1. The molecule has 1 aromatic heterocycles. The third kappa shape index (κ3) is 5.63. The number of rotatable bonds is 3. The molecule has 9 heteroatoms. The van der Waals surface area contributed by atoms with Gasteiger partial charge in [-0.3, -0.25) is 9.69 Å². The molecule has 2 aliphatic rings. The molecule has 2 aliphatic heterocycles. The van der Waals surface area contributed by atoms with Crippen LogP contribution in [-0.4, -0.2) is 68.7 Å². The maximum atomic E-state index is 13.3. The van der Waals surface area contributed by atoms with Crippen LogP contribution >= 0.6 is 0 Å².